The van der Waals surface area contributed by atoms with Gasteiger partial charge in [-0.1, -0.05) is 12.2 Å². The van der Waals surface area contributed by atoms with E-state index >= 15 is 0 Å². The zero-order valence-electron chi connectivity index (χ0n) is 11.4. The molecule has 0 spiro atoms. The largest absolute Gasteiger partial charge is 0.463 e. The summed E-state index contributed by atoms with van der Waals surface area (Å²) in [6, 6.07) is 1.95. The summed E-state index contributed by atoms with van der Waals surface area (Å²) in [6.45, 7) is 0. The summed E-state index contributed by atoms with van der Waals surface area (Å²) in [5.74, 6) is -0.147. The van der Waals surface area contributed by atoms with Gasteiger partial charge in [0.2, 0.25) is 0 Å². The molecule has 21 heavy (non-hydrogen) atoms. The molecule has 1 aliphatic carbocycles. The van der Waals surface area contributed by atoms with E-state index in [9.17, 15) is 4.79 Å². The van der Waals surface area contributed by atoms with Crippen LogP contribution in [0.1, 0.15) is 33.9 Å². The Morgan fingerprint density at radius 2 is 2.29 bits per heavy atom. The highest BCUT2D eigenvalue weighted by Gasteiger charge is 2.20. The zero-order valence-corrected chi connectivity index (χ0v) is 12.2. The minimum Gasteiger partial charge on any atom is -0.463 e. The lowest BCUT2D eigenvalue weighted by molar-refractivity contribution is 0.0587. The number of aromatic nitrogens is 4. The van der Waals surface area contributed by atoms with Crippen LogP contribution in [0, 0.1) is 0 Å². The van der Waals surface area contributed by atoms with E-state index in [1.807, 2.05) is 6.07 Å². The van der Waals surface area contributed by atoms with Gasteiger partial charge in [-0.2, -0.15) is 0 Å². The smallest absolute Gasteiger partial charge is 0.377 e. The molecule has 0 saturated carbocycles. The minimum absolute atomic E-state index is 0.0336. The standard InChI is InChI=1S/C13H13N5O2S/c1-20-13(19)11-15-6-18(17-11)12-8(10(14)21)5-7-3-2-4-9(7)16-12/h5-6H,2-4H2,1H3,(H2,14,21). The maximum atomic E-state index is 11.4. The lowest BCUT2D eigenvalue weighted by atomic mass is 10.1. The highest BCUT2D eigenvalue weighted by atomic mass is 32.1. The van der Waals surface area contributed by atoms with Gasteiger partial charge in [-0.3, -0.25) is 0 Å². The van der Waals surface area contributed by atoms with Crippen LogP contribution in [0.2, 0.25) is 0 Å². The Labute approximate surface area is 126 Å². The third-order valence-corrected chi connectivity index (χ3v) is 3.59. The molecule has 108 valence electrons. The van der Waals surface area contributed by atoms with Gasteiger partial charge in [0.1, 0.15) is 11.3 Å². The summed E-state index contributed by atoms with van der Waals surface area (Å²) in [7, 11) is 1.27. The quantitative estimate of drug-likeness (QED) is 0.654. The monoisotopic (exact) mass is 303 g/mol. The summed E-state index contributed by atoms with van der Waals surface area (Å²) in [6.07, 6.45) is 4.35. The number of thiocarbonyl (C=S) groups is 1. The van der Waals surface area contributed by atoms with Crippen molar-refractivity contribution in [3.63, 3.8) is 0 Å². The summed E-state index contributed by atoms with van der Waals surface area (Å²) in [5, 5.41) is 4.07. The van der Waals surface area contributed by atoms with E-state index in [1.165, 1.54) is 18.1 Å². The second-order valence-corrected chi connectivity index (χ2v) is 5.13. The molecule has 0 unspecified atom stereocenters. The first kappa shape index (κ1) is 13.6. The Morgan fingerprint density at radius 1 is 1.48 bits per heavy atom. The lowest BCUT2D eigenvalue weighted by Crippen LogP contribution is -2.17. The van der Waals surface area contributed by atoms with Gasteiger partial charge in [-0.05, 0) is 30.9 Å². The molecule has 2 aromatic heterocycles. The van der Waals surface area contributed by atoms with Crippen LogP contribution in [-0.4, -0.2) is 37.8 Å². The molecule has 3 rings (SSSR count). The van der Waals surface area contributed by atoms with Crippen molar-refractivity contribution in [1.82, 2.24) is 19.7 Å². The molecule has 0 bridgehead atoms. The molecule has 8 heteroatoms. The van der Waals surface area contributed by atoms with Gasteiger partial charge in [0.05, 0.1) is 12.7 Å². The molecule has 1 aliphatic rings. The molecule has 0 aliphatic heterocycles. The minimum atomic E-state index is -0.605. The third kappa shape index (κ3) is 2.38. The summed E-state index contributed by atoms with van der Waals surface area (Å²) >= 11 is 5.09. The van der Waals surface area contributed by atoms with E-state index in [0.29, 0.717) is 11.4 Å². The van der Waals surface area contributed by atoms with Crippen molar-refractivity contribution in [2.75, 3.05) is 7.11 Å². The second kappa shape index (κ2) is 5.21. The molecule has 0 radical (unpaired) electrons. The van der Waals surface area contributed by atoms with Crippen LogP contribution in [0.15, 0.2) is 12.4 Å². The Bertz CT molecular complexity index is 740. The first-order valence-electron chi connectivity index (χ1n) is 6.43. The topological polar surface area (TPSA) is 95.9 Å². The Balaban J connectivity index is 2.11. The van der Waals surface area contributed by atoms with E-state index < -0.39 is 5.97 Å². The van der Waals surface area contributed by atoms with E-state index in [0.717, 1.165) is 30.5 Å². The maximum absolute atomic E-state index is 11.4. The number of aryl methyl sites for hydroxylation is 2. The Kier molecular flexibility index (Phi) is 3.38. The maximum Gasteiger partial charge on any atom is 0.377 e. The number of nitrogens with zero attached hydrogens (tertiary/aromatic N) is 4. The number of nitrogens with two attached hydrogens (primary N) is 1. The number of pyridine rings is 1. The highest BCUT2D eigenvalue weighted by Crippen LogP contribution is 2.24. The number of hydrogen-bond acceptors (Lipinski definition) is 6. The molecule has 0 fully saturated rings. The van der Waals surface area contributed by atoms with Crippen molar-refractivity contribution in [3.05, 3.63) is 35.0 Å². The molecular formula is C13H13N5O2S. The van der Waals surface area contributed by atoms with Crippen molar-refractivity contribution in [2.45, 2.75) is 19.3 Å². The van der Waals surface area contributed by atoms with Crippen LogP contribution in [0.5, 0.6) is 0 Å². The van der Waals surface area contributed by atoms with Gasteiger partial charge in [0, 0.05) is 5.69 Å². The first-order chi connectivity index (χ1) is 10.1. The normalized spacial score (nSPS) is 13.0. The van der Waals surface area contributed by atoms with Crippen LogP contribution < -0.4 is 5.73 Å². The molecule has 0 saturated heterocycles. The van der Waals surface area contributed by atoms with Gasteiger partial charge in [0.15, 0.2) is 5.82 Å². The van der Waals surface area contributed by atoms with E-state index in [2.05, 4.69) is 19.8 Å². The van der Waals surface area contributed by atoms with Gasteiger partial charge < -0.3 is 10.5 Å². The average molecular weight is 303 g/mol. The summed E-state index contributed by atoms with van der Waals surface area (Å²) < 4.78 is 5.99. The SMILES string of the molecule is COC(=O)c1ncn(-c2nc3c(cc2C(N)=S)CCC3)n1. The molecule has 2 aromatic rings. The number of rotatable bonds is 3. The molecule has 2 N–H and O–H groups in total. The second-order valence-electron chi connectivity index (χ2n) is 4.69. The molecule has 2 heterocycles. The number of hydrogen-bond donors (Lipinski definition) is 1. The molecular weight excluding hydrogens is 290 g/mol. The van der Waals surface area contributed by atoms with Crippen LogP contribution in [0.4, 0.5) is 0 Å². The number of ether oxygens (including phenoxy) is 1. The van der Waals surface area contributed by atoms with Gasteiger partial charge in [-0.25, -0.2) is 19.4 Å². The molecule has 7 nitrogen and oxygen atoms in total. The van der Waals surface area contributed by atoms with Crippen LogP contribution in [0.25, 0.3) is 5.82 Å². The third-order valence-electron chi connectivity index (χ3n) is 3.37. The first-order valence-corrected chi connectivity index (χ1v) is 6.84. The van der Waals surface area contributed by atoms with Gasteiger partial charge in [0.25, 0.3) is 5.82 Å². The predicted octanol–water partition coefficient (Wildman–Crippen LogP) is 0.572. The van der Waals surface area contributed by atoms with Crippen LogP contribution in [-0.2, 0) is 17.6 Å². The number of carbonyl (C=O) groups is 1. The lowest BCUT2D eigenvalue weighted by Gasteiger charge is -2.09. The van der Waals surface area contributed by atoms with Crippen LogP contribution in [0.3, 0.4) is 0 Å². The average Bonchev–Trinajstić information content (AvgIpc) is 3.13. The number of methoxy groups -OCH3 is 1. The summed E-state index contributed by atoms with van der Waals surface area (Å²) in [5.41, 5.74) is 8.58. The van der Waals surface area contributed by atoms with E-state index in [1.54, 1.807) is 0 Å². The molecule has 0 amide bonds. The fraction of sp³-hybridized carbons (Fsp3) is 0.308. The fourth-order valence-corrected chi connectivity index (χ4v) is 2.52. The van der Waals surface area contributed by atoms with Crippen LogP contribution >= 0.6 is 12.2 Å². The van der Waals surface area contributed by atoms with Crippen molar-refractivity contribution >= 4 is 23.2 Å². The van der Waals surface area contributed by atoms with Crippen molar-refractivity contribution in [1.29, 1.82) is 0 Å². The fourth-order valence-electron chi connectivity index (χ4n) is 2.37. The summed E-state index contributed by atoms with van der Waals surface area (Å²) in [4.78, 5) is 20.2. The molecule has 0 aromatic carbocycles. The Morgan fingerprint density at radius 3 is 3.00 bits per heavy atom. The van der Waals surface area contributed by atoms with E-state index in [-0.39, 0.29) is 10.8 Å². The van der Waals surface area contributed by atoms with Gasteiger partial charge in [-0.15, -0.1) is 5.10 Å². The van der Waals surface area contributed by atoms with Gasteiger partial charge >= 0.3 is 5.97 Å². The highest BCUT2D eigenvalue weighted by molar-refractivity contribution is 7.80. The number of esters is 1. The number of carbonyl (C=O) groups excluding carboxylic acids is 1. The molecule has 0 atom stereocenters. The van der Waals surface area contributed by atoms with Crippen molar-refractivity contribution in [3.8, 4) is 5.82 Å². The number of fused-ring (bicyclic) bond motifs is 1. The predicted molar refractivity (Wildman–Crippen MR) is 78.4 cm³/mol. The van der Waals surface area contributed by atoms with Crippen molar-refractivity contribution < 1.29 is 9.53 Å². The van der Waals surface area contributed by atoms with E-state index in [4.69, 9.17) is 18.0 Å². The van der Waals surface area contributed by atoms with Crippen molar-refractivity contribution in [2.24, 2.45) is 5.73 Å². The Hall–Kier alpha value is -2.35. The zero-order chi connectivity index (χ0) is 15.0.